The van der Waals surface area contributed by atoms with Crippen molar-refractivity contribution in [1.82, 2.24) is 0 Å². The van der Waals surface area contributed by atoms with E-state index in [1.807, 2.05) is 36.4 Å². The molecule has 0 aliphatic carbocycles. The quantitative estimate of drug-likeness (QED) is 0.390. The molecule has 7 nitrogen and oxygen atoms in total. The van der Waals surface area contributed by atoms with Crippen molar-refractivity contribution in [2.75, 3.05) is 35.7 Å². The summed E-state index contributed by atoms with van der Waals surface area (Å²) in [5, 5.41) is 13.9. The van der Waals surface area contributed by atoms with Crippen molar-refractivity contribution in [1.29, 1.82) is 5.41 Å². The van der Waals surface area contributed by atoms with Crippen LogP contribution >= 0.6 is 0 Å². The molecule has 0 aliphatic heterocycles. The lowest BCUT2D eigenvalue weighted by molar-refractivity contribution is 0.257. The number of anilines is 3. The number of ether oxygens (including phenoxy) is 1. The normalized spacial score (nSPS) is 9.80. The fourth-order valence-electron chi connectivity index (χ4n) is 2.18. The molecule has 0 atom stereocenters. The van der Waals surface area contributed by atoms with Gasteiger partial charge in [-0.05, 0) is 55.2 Å². The van der Waals surface area contributed by atoms with Crippen molar-refractivity contribution < 1.29 is 9.53 Å². The van der Waals surface area contributed by atoms with Crippen LogP contribution in [0.25, 0.3) is 0 Å². The van der Waals surface area contributed by atoms with E-state index in [9.17, 15) is 4.79 Å². The fraction of sp³-hybridized carbons (Fsp3) is 0.167. The average Bonchev–Trinajstić information content (AvgIpc) is 2.67. The van der Waals surface area contributed by atoms with Crippen LogP contribution in [0.2, 0.25) is 0 Å². The Hall–Kier alpha value is -3.35. The SMILES string of the molecule is C=NC(=O)N(C=N)c1ccc(NCCNc2ccc(OC)cc2)cc1. The summed E-state index contributed by atoms with van der Waals surface area (Å²) in [7, 11) is 1.64. The van der Waals surface area contributed by atoms with Crippen LogP contribution in [0, 0.1) is 5.41 Å². The monoisotopic (exact) mass is 339 g/mol. The van der Waals surface area contributed by atoms with Crippen molar-refractivity contribution in [3.63, 3.8) is 0 Å². The molecule has 2 aromatic rings. The van der Waals surface area contributed by atoms with Crippen LogP contribution in [0.5, 0.6) is 5.75 Å². The van der Waals surface area contributed by atoms with E-state index in [0.29, 0.717) is 5.69 Å². The lowest BCUT2D eigenvalue weighted by Crippen LogP contribution is -2.25. The maximum absolute atomic E-state index is 11.5. The van der Waals surface area contributed by atoms with Crippen molar-refractivity contribution in [3.05, 3.63) is 48.5 Å². The lowest BCUT2D eigenvalue weighted by atomic mass is 10.2. The van der Waals surface area contributed by atoms with Gasteiger partial charge in [0.15, 0.2) is 0 Å². The summed E-state index contributed by atoms with van der Waals surface area (Å²) in [4.78, 5) is 16.0. The molecule has 0 bridgehead atoms. The van der Waals surface area contributed by atoms with Crippen LogP contribution < -0.4 is 20.3 Å². The lowest BCUT2D eigenvalue weighted by Gasteiger charge is -2.15. The molecular weight excluding hydrogens is 318 g/mol. The van der Waals surface area contributed by atoms with Crippen molar-refractivity contribution in [2.24, 2.45) is 4.99 Å². The van der Waals surface area contributed by atoms with Crippen LogP contribution in [0.4, 0.5) is 21.9 Å². The van der Waals surface area contributed by atoms with Gasteiger partial charge in [-0.2, -0.15) is 0 Å². The molecule has 3 N–H and O–H groups in total. The molecule has 0 fully saturated rings. The highest BCUT2D eigenvalue weighted by Gasteiger charge is 2.10. The Labute approximate surface area is 146 Å². The summed E-state index contributed by atoms with van der Waals surface area (Å²) >= 11 is 0. The van der Waals surface area contributed by atoms with Gasteiger partial charge in [-0.25, -0.2) is 9.79 Å². The van der Waals surface area contributed by atoms with E-state index in [2.05, 4.69) is 22.3 Å². The summed E-state index contributed by atoms with van der Waals surface area (Å²) in [5.41, 5.74) is 2.51. The van der Waals surface area contributed by atoms with Gasteiger partial charge in [0, 0.05) is 24.5 Å². The van der Waals surface area contributed by atoms with Gasteiger partial charge in [-0.15, -0.1) is 0 Å². The van der Waals surface area contributed by atoms with Crippen molar-refractivity contribution >= 4 is 36.1 Å². The molecule has 130 valence electrons. The minimum atomic E-state index is -0.584. The number of urea groups is 1. The maximum atomic E-state index is 11.5. The number of aliphatic imine (C=N–C) groups is 1. The molecule has 2 aromatic carbocycles. The third-order valence-electron chi connectivity index (χ3n) is 3.49. The van der Waals surface area contributed by atoms with E-state index in [1.54, 1.807) is 19.2 Å². The van der Waals surface area contributed by atoms with E-state index in [1.165, 1.54) is 0 Å². The average molecular weight is 339 g/mol. The first-order valence-corrected chi connectivity index (χ1v) is 7.70. The number of amides is 2. The van der Waals surface area contributed by atoms with E-state index in [4.69, 9.17) is 10.1 Å². The largest absolute Gasteiger partial charge is 0.497 e. The van der Waals surface area contributed by atoms with Crippen molar-refractivity contribution in [2.45, 2.75) is 0 Å². The number of carbonyl (C=O) groups is 1. The second-order valence-corrected chi connectivity index (χ2v) is 5.07. The first-order chi connectivity index (χ1) is 12.2. The Morgan fingerprint density at radius 3 is 2.08 bits per heavy atom. The Bertz CT molecular complexity index is 713. The molecule has 25 heavy (non-hydrogen) atoms. The number of hydrogen-bond acceptors (Lipinski definition) is 5. The molecule has 0 unspecified atom stereocenters. The smallest absolute Gasteiger partial charge is 0.352 e. The van der Waals surface area contributed by atoms with Gasteiger partial charge in [0.25, 0.3) is 0 Å². The highest BCUT2D eigenvalue weighted by atomic mass is 16.5. The second-order valence-electron chi connectivity index (χ2n) is 5.07. The molecule has 2 rings (SSSR count). The standard InChI is InChI=1S/C18H21N5O2/c1-20-18(24)23(13-19)16-7-3-14(4-8-16)21-11-12-22-15-5-9-17(25-2)10-6-15/h3-10,13,19,21-22H,1,11-12H2,2H3. The molecule has 0 spiro atoms. The molecule has 0 radical (unpaired) electrons. The summed E-state index contributed by atoms with van der Waals surface area (Å²) < 4.78 is 5.12. The van der Waals surface area contributed by atoms with E-state index < -0.39 is 6.03 Å². The number of benzene rings is 2. The first kappa shape index (κ1) is 18.0. The van der Waals surface area contributed by atoms with Gasteiger partial charge in [-0.1, -0.05) is 0 Å². The van der Waals surface area contributed by atoms with Crippen LogP contribution in [-0.4, -0.2) is 39.3 Å². The topological polar surface area (TPSA) is 89.8 Å². The molecule has 0 aliphatic rings. The van der Waals surface area contributed by atoms with E-state index >= 15 is 0 Å². The van der Waals surface area contributed by atoms with E-state index in [0.717, 1.165) is 41.5 Å². The predicted octanol–water partition coefficient (Wildman–Crippen LogP) is 3.45. The minimum absolute atomic E-state index is 0.564. The summed E-state index contributed by atoms with van der Waals surface area (Å²) in [5.74, 6) is 0.827. The van der Waals surface area contributed by atoms with Crippen LogP contribution in [0.3, 0.4) is 0 Å². The maximum Gasteiger partial charge on any atom is 0.352 e. The molecule has 2 amide bonds. The molecule has 0 heterocycles. The van der Waals surface area contributed by atoms with Gasteiger partial charge in [0.2, 0.25) is 0 Å². The van der Waals surface area contributed by atoms with Crippen LogP contribution in [-0.2, 0) is 0 Å². The second kappa shape index (κ2) is 9.07. The first-order valence-electron chi connectivity index (χ1n) is 7.70. The zero-order valence-corrected chi connectivity index (χ0v) is 14.0. The highest BCUT2D eigenvalue weighted by Crippen LogP contribution is 2.18. The Balaban J connectivity index is 1.81. The number of hydrogen-bond donors (Lipinski definition) is 3. The van der Waals surface area contributed by atoms with Gasteiger partial charge in [0.05, 0.1) is 19.1 Å². The summed E-state index contributed by atoms with van der Waals surface area (Å²) in [6.07, 6.45) is 0.915. The van der Waals surface area contributed by atoms with E-state index in [-0.39, 0.29) is 0 Å². The fourth-order valence-corrected chi connectivity index (χ4v) is 2.18. The van der Waals surface area contributed by atoms with Gasteiger partial charge >= 0.3 is 6.03 Å². The van der Waals surface area contributed by atoms with Gasteiger partial charge in [0.1, 0.15) is 5.75 Å². The number of methoxy groups -OCH3 is 1. The molecule has 0 saturated heterocycles. The van der Waals surface area contributed by atoms with Gasteiger partial charge < -0.3 is 15.4 Å². The molecule has 0 saturated carbocycles. The summed E-state index contributed by atoms with van der Waals surface area (Å²) in [6.45, 7) is 4.66. The molecule has 0 aromatic heterocycles. The molecule has 7 heteroatoms. The third-order valence-corrected chi connectivity index (χ3v) is 3.49. The Kier molecular flexibility index (Phi) is 6.53. The minimum Gasteiger partial charge on any atom is -0.497 e. The van der Waals surface area contributed by atoms with Crippen molar-refractivity contribution in [3.8, 4) is 5.75 Å². The number of rotatable bonds is 8. The van der Waals surface area contributed by atoms with Crippen LogP contribution in [0.1, 0.15) is 0 Å². The Morgan fingerprint density at radius 2 is 1.64 bits per heavy atom. The molecular formula is C18H21N5O2. The van der Waals surface area contributed by atoms with Gasteiger partial charge in [-0.3, -0.25) is 10.3 Å². The number of nitrogens with zero attached hydrogens (tertiary/aromatic N) is 2. The number of nitrogens with one attached hydrogen (secondary N) is 3. The zero-order chi connectivity index (χ0) is 18.1. The Morgan fingerprint density at radius 1 is 1.12 bits per heavy atom. The summed E-state index contributed by atoms with van der Waals surface area (Å²) in [6, 6.07) is 14.3. The predicted molar refractivity (Wildman–Crippen MR) is 103 cm³/mol. The third kappa shape index (κ3) is 5.07. The van der Waals surface area contributed by atoms with Crippen LogP contribution in [0.15, 0.2) is 53.5 Å². The highest BCUT2D eigenvalue weighted by molar-refractivity contribution is 6.08. The zero-order valence-electron chi connectivity index (χ0n) is 14.0. The number of carbonyl (C=O) groups excluding carboxylic acids is 1.